The Morgan fingerprint density at radius 3 is 2.50 bits per heavy atom. The summed E-state index contributed by atoms with van der Waals surface area (Å²) in [5.74, 6) is -0.0239. The number of amides is 3. The van der Waals surface area contributed by atoms with Gasteiger partial charge in [0.15, 0.2) is 0 Å². The number of phenols is 1. The van der Waals surface area contributed by atoms with E-state index in [1.165, 1.54) is 0 Å². The molecule has 3 amide bonds. The highest BCUT2D eigenvalue weighted by Crippen LogP contribution is 2.33. The number of hydrogen-bond donors (Lipinski definition) is 5. The third-order valence-corrected chi connectivity index (χ3v) is 4.96. The maximum Gasteiger partial charge on any atom is 0.315 e. The van der Waals surface area contributed by atoms with Crippen molar-refractivity contribution < 1.29 is 14.7 Å². The van der Waals surface area contributed by atoms with E-state index in [0.717, 1.165) is 28.7 Å². The summed E-state index contributed by atoms with van der Waals surface area (Å²) in [5, 5.41) is 18.9. The van der Waals surface area contributed by atoms with Crippen LogP contribution in [0.3, 0.4) is 0 Å². The lowest BCUT2D eigenvalue weighted by atomic mass is 9.97. The lowest BCUT2D eigenvalue weighted by Crippen LogP contribution is -2.49. The summed E-state index contributed by atoms with van der Waals surface area (Å²) in [6.45, 7) is 10.8. The molecule has 7 nitrogen and oxygen atoms in total. The molecule has 0 aromatic heterocycles. The summed E-state index contributed by atoms with van der Waals surface area (Å²) >= 11 is 0. The number of carbonyl (C=O) groups excluding carboxylic acids is 2. The molecule has 172 valence electrons. The van der Waals surface area contributed by atoms with E-state index in [1.807, 2.05) is 43.3 Å². The van der Waals surface area contributed by atoms with Crippen LogP contribution in [-0.2, 0) is 11.3 Å². The van der Waals surface area contributed by atoms with E-state index in [-0.39, 0.29) is 17.7 Å². The molecule has 0 saturated heterocycles. The van der Waals surface area contributed by atoms with Crippen molar-refractivity contribution in [1.29, 1.82) is 0 Å². The molecule has 6 N–H and O–H groups in total. The van der Waals surface area contributed by atoms with Crippen molar-refractivity contribution >= 4 is 17.5 Å². The number of hydrogen-bond acceptors (Lipinski definition) is 4. The topological polar surface area (TPSA) is 116 Å². The largest absolute Gasteiger partial charge is 0.507 e. The van der Waals surface area contributed by atoms with Crippen LogP contribution in [0.1, 0.15) is 44.7 Å². The fourth-order valence-electron chi connectivity index (χ4n) is 3.13. The van der Waals surface area contributed by atoms with Gasteiger partial charge in [-0.05, 0) is 68.0 Å². The Hall–Kier alpha value is -3.32. The first-order valence-electron chi connectivity index (χ1n) is 10.8. The van der Waals surface area contributed by atoms with Gasteiger partial charge in [-0.3, -0.25) is 4.79 Å². The lowest BCUT2D eigenvalue weighted by Gasteiger charge is -2.17. The van der Waals surface area contributed by atoms with Gasteiger partial charge in [-0.2, -0.15) is 0 Å². The first-order chi connectivity index (χ1) is 15.1. The zero-order chi connectivity index (χ0) is 23.7. The number of urea groups is 1. The zero-order valence-corrected chi connectivity index (χ0v) is 19.1. The van der Waals surface area contributed by atoms with Crippen LogP contribution in [0.2, 0.25) is 0 Å². The van der Waals surface area contributed by atoms with Crippen LogP contribution < -0.4 is 21.7 Å². The fraction of sp³-hybridized carbons (Fsp3) is 0.360. The van der Waals surface area contributed by atoms with Crippen molar-refractivity contribution in [3.63, 3.8) is 0 Å². The summed E-state index contributed by atoms with van der Waals surface area (Å²) in [7, 11) is 0. The Morgan fingerprint density at radius 2 is 1.84 bits per heavy atom. The molecule has 0 fully saturated rings. The van der Waals surface area contributed by atoms with Gasteiger partial charge in [0.25, 0.3) is 0 Å². The molecular formula is C25H34N4O3. The average Bonchev–Trinajstić information content (AvgIpc) is 2.74. The number of aromatic hydroxyl groups is 1. The van der Waals surface area contributed by atoms with Gasteiger partial charge in [-0.25, -0.2) is 4.79 Å². The van der Waals surface area contributed by atoms with E-state index in [0.29, 0.717) is 31.6 Å². The molecule has 2 aromatic carbocycles. The van der Waals surface area contributed by atoms with Gasteiger partial charge in [0.2, 0.25) is 5.91 Å². The van der Waals surface area contributed by atoms with Crippen LogP contribution in [0, 0.1) is 0 Å². The van der Waals surface area contributed by atoms with Gasteiger partial charge in [0, 0.05) is 25.2 Å². The molecular weight excluding hydrogens is 404 g/mol. The average molecular weight is 439 g/mol. The van der Waals surface area contributed by atoms with Crippen LogP contribution in [0.15, 0.2) is 49.0 Å². The van der Waals surface area contributed by atoms with E-state index in [1.54, 1.807) is 19.9 Å². The minimum Gasteiger partial charge on any atom is -0.507 e. The monoisotopic (exact) mass is 438 g/mol. The van der Waals surface area contributed by atoms with Crippen molar-refractivity contribution in [3.8, 4) is 16.9 Å². The maximum atomic E-state index is 11.8. The highest BCUT2D eigenvalue weighted by Gasteiger charge is 2.20. The number of nitrogens with two attached hydrogens (primary N) is 1. The molecule has 0 bridgehead atoms. The van der Waals surface area contributed by atoms with E-state index < -0.39 is 5.54 Å². The predicted molar refractivity (Wildman–Crippen MR) is 129 cm³/mol. The van der Waals surface area contributed by atoms with Gasteiger partial charge >= 0.3 is 6.03 Å². The molecule has 0 atom stereocenters. The summed E-state index contributed by atoms with van der Waals surface area (Å²) in [6.07, 6.45) is 1.41. The number of nitrogens with one attached hydrogen (secondary N) is 3. The van der Waals surface area contributed by atoms with Crippen molar-refractivity contribution in [2.75, 3.05) is 13.1 Å². The lowest BCUT2D eigenvalue weighted by molar-refractivity contribution is -0.125. The van der Waals surface area contributed by atoms with Crippen LogP contribution in [-0.4, -0.2) is 35.7 Å². The molecule has 0 radical (unpaired) electrons. The normalized spacial score (nSPS) is 11.0. The number of benzene rings is 2. The van der Waals surface area contributed by atoms with Crippen molar-refractivity contribution in [2.45, 2.75) is 45.7 Å². The summed E-state index contributed by atoms with van der Waals surface area (Å²) in [6, 6.07) is 13.0. The van der Waals surface area contributed by atoms with Crippen LogP contribution in [0.5, 0.6) is 5.75 Å². The Kier molecular flexibility index (Phi) is 8.84. The number of allylic oxidation sites excluding steroid dienone is 1. The SMILES string of the molecule is C=C(CCCNC(=O)C(C)(C)N)c1ccc(-c2cccc(CNC(=O)NCC)c2)c(O)c1. The first kappa shape index (κ1) is 24.9. The highest BCUT2D eigenvalue weighted by molar-refractivity contribution is 5.85. The highest BCUT2D eigenvalue weighted by atomic mass is 16.3. The summed E-state index contributed by atoms with van der Waals surface area (Å²) in [5.41, 5.74) is 9.11. The van der Waals surface area contributed by atoms with E-state index in [2.05, 4.69) is 22.5 Å². The first-order valence-corrected chi connectivity index (χ1v) is 10.8. The van der Waals surface area contributed by atoms with Crippen LogP contribution in [0.25, 0.3) is 16.7 Å². The molecule has 2 aromatic rings. The second kappa shape index (κ2) is 11.3. The summed E-state index contributed by atoms with van der Waals surface area (Å²) < 4.78 is 0. The molecule has 7 heteroatoms. The molecule has 0 heterocycles. The second-order valence-corrected chi connectivity index (χ2v) is 8.33. The van der Waals surface area contributed by atoms with E-state index in [9.17, 15) is 14.7 Å². The standard InChI is InChI=1S/C25H34N4O3/c1-5-27-24(32)29-16-18-9-6-10-20(14-18)21-12-11-19(15-22(21)30)17(2)8-7-13-28-23(31)25(3,4)26/h6,9-12,14-15,30H,2,5,7-8,13,16,26H2,1,3-4H3,(H,28,31)(H2,27,29,32). The Bertz CT molecular complexity index is 964. The van der Waals surface area contributed by atoms with Crippen molar-refractivity contribution in [1.82, 2.24) is 16.0 Å². The molecule has 0 aliphatic heterocycles. The second-order valence-electron chi connectivity index (χ2n) is 8.33. The van der Waals surface area contributed by atoms with E-state index in [4.69, 9.17) is 5.73 Å². The van der Waals surface area contributed by atoms with Crippen molar-refractivity contribution in [2.24, 2.45) is 5.73 Å². The van der Waals surface area contributed by atoms with Crippen molar-refractivity contribution in [3.05, 3.63) is 60.2 Å². The Labute approximate surface area is 190 Å². The van der Waals surface area contributed by atoms with Gasteiger partial charge in [0.1, 0.15) is 5.75 Å². The van der Waals surface area contributed by atoms with Gasteiger partial charge in [0.05, 0.1) is 5.54 Å². The Morgan fingerprint density at radius 1 is 1.09 bits per heavy atom. The van der Waals surface area contributed by atoms with Crippen LogP contribution >= 0.6 is 0 Å². The molecule has 0 aliphatic rings. The Balaban J connectivity index is 1.98. The molecule has 2 rings (SSSR count). The van der Waals surface area contributed by atoms with E-state index >= 15 is 0 Å². The maximum absolute atomic E-state index is 11.8. The molecule has 32 heavy (non-hydrogen) atoms. The molecule has 0 aliphatic carbocycles. The minimum absolute atomic E-state index is 0.163. The van der Waals surface area contributed by atoms with Gasteiger partial charge < -0.3 is 26.8 Å². The fourth-order valence-corrected chi connectivity index (χ4v) is 3.13. The van der Waals surface area contributed by atoms with Gasteiger partial charge in [-0.1, -0.05) is 36.9 Å². The predicted octanol–water partition coefficient (Wildman–Crippen LogP) is 3.53. The smallest absolute Gasteiger partial charge is 0.315 e. The number of rotatable bonds is 10. The quantitative estimate of drug-likeness (QED) is 0.365. The van der Waals surface area contributed by atoms with Crippen LogP contribution in [0.4, 0.5) is 4.79 Å². The molecule has 0 spiro atoms. The molecule has 0 saturated carbocycles. The van der Waals surface area contributed by atoms with Gasteiger partial charge in [-0.15, -0.1) is 0 Å². The number of carbonyl (C=O) groups is 2. The third kappa shape index (κ3) is 7.42. The molecule has 0 unspecified atom stereocenters. The third-order valence-electron chi connectivity index (χ3n) is 4.96. The number of phenolic OH excluding ortho intramolecular Hbond substituents is 1. The zero-order valence-electron chi connectivity index (χ0n) is 19.1. The summed E-state index contributed by atoms with van der Waals surface area (Å²) in [4.78, 5) is 23.4. The minimum atomic E-state index is -0.895.